The highest BCUT2D eigenvalue weighted by atomic mass is 79.9. The molecule has 0 saturated heterocycles. The van der Waals surface area contributed by atoms with Gasteiger partial charge in [-0.15, -0.1) is 0 Å². The number of carbonyl (C=O) groups excluding carboxylic acids is 1. The first-order valence-corrected chi connectivity index (χ1v) is 9.14. The molecule has 0 aliphatic carbocycles. The molecule has 26 heavy (non-hydrogen) atoms. The van der Waals surface area contributed by atoms with E-state index < -0.39 is 6.04 Å². The Balaban J connectivity index is 1.96. The third-order valence-corrected chi connectivity index (χ3v) is 5.14. The molecule has 4 rings (SSSR count). The zero-order valence-electron chi connectivity index (χ0n) is 13.8. The van der Waals surface area contributed by atoms with Crippen molar-refractivity contribution < 1.29 is 14.3 Å². The maximum atomic E-state index is 13.1. The molecule has 1 N–H and O–H groups in total. The number of rotatable bonds is 4. The lowest BCUT2D eigenvalue weighted by atomic mass is 9.98. The van der Waals surface area contributed by atoms with E-state index in [9.17, 15) is 14.7 Å². The van der Waals surface area contributed by atoms with E-state index in [1.54, 1.807) is 29.2 Å². The Morgan fingerprint density at radius 3 is 2.54 bits per heavy atom. The molecule has 1 aliphatic heterocycles. The second kappa shape index (κ2) is 6.70. The summed E-state index contributed by atoms with van der Waals surface area (Å²) in [6.07, 6.45) is 0.431. The summed E-state index contributed by atoms with van der Waals surface area (Å²) in [4.78, 5) is 27.7. The minimum atomic E-state index is -0.516. The molecule has 1 amide bonds. The number of aliphatic hydroxyl groups excluding tert-OH is 1. The van der Waals surface area contributed by atoms with E-state index >= 15 is 0 Å². The summed E-state index contributed by atoms with van der Waals surface area (Å²) < 4.78 is 6.74. The minimum Gasteiger partial charge on any atom is -0.450 e. The average Bonchev–Trinajstić information content (AvgIpc) is 2.93. The number of aliphatic hydroxyl groups is 1. The number of benzene rings is 2. The van der Waals surface area contributed by atoms with Crippen molar-refractivity contribution in [1.82, 2.24) is 4.90 Å². The predicted octanol–water partition coefficient (Wildman–Crippen LogP) is 3.48. The van der Waals surface area contributed by atoms with E-state index in [2.05, 4.69) is 15.9 Å². The standard InChI is InChI=1S/C20H16BrNO4/c21-13-8-6-12(7-9-13)17-16-18(24)14-4-1-2-5-15(14)26-19(16)20(25)22(17)10-3-11-23/h1-2,4-9,17,23H,3,10-11H2. The van der Waals surface area contributed by atoms with Gasteiger partial charge in [0.05, 0.1) is 17.0 Å². The van der Waals surface area contributed by atoms with Gasteiger partial charge in [-0.1, -0.05) is 40.2 Å². The van der Waals surface area contributed by atoms with Crippen molar-refractivity contribution in [2.45, 2.75) is 12.5 Å². The minimum absolute atomic E-state index is 0.0312. The lowest BCUT2D eigenvalue weighted by molar-refractivity contribution is 0.0716. The quantitative estimate of drug-likeness (QED) is 0.710. The summed E-state index contributed by atoms with van der Waals surface area (Å²) in [7, 11) is 0. The van der Waals surface area contributed by atoms with Crippen LogP contribution in [0.3, 0.4) is 0 Å². The zero-order valence-corrected chi connectivity index (χ0v) is 15.4. The van der Waals surface area contributed by atoms with Gasteiger partial charge in [-0.25, -0.2) is 0 Å². The Morgan fingerprint density at radius 2 is 1.81 bits per heavy atom. The van der Waals surface area contributed by atoms with Crippen molar-refractivity contribution in [3.63, 3.8) is 0 Å². The smallest absolute Gasteiger partial charge is 0.290 e. The van der Waals surface area contributed by atoms with Crippen LogP contribution in [0.1, 0.15) is 34.1 Å². The third-order valence-electron chi connectivity index (χ3n) is 4.62. The molecule has 6 heteroatoms. The second-order valence-corrected chi connectivity index (χ2v) is 7.12. The van der Waals surface area contributed by atoms with Gasteiger partial charge in [-0.05, 0) is 36.2 Å². The summed E-state index contributed by atoms with van der Waals surface area (Å²) >= 11 is 3.41. The Morgan fingerprint density at radius 1 is 1.08 bits per heavy atom. The molecule has 0 saturated carbocycles. The number of hydrogen-bond donors (Lipinski definition) is 1. The van der Waals surface area contributed by atoms with Crippen LogP contribution in [0.15, 0.2) is 62.2 Å². The Hall–Kier alpha value is -2.44. The fraction of sp³-hybridized carbons (Fsp3) is 0.200. The van der Waals surface area contributed by atoms with Crippen molar-refractivity contribution in [1.29, 1.82) is 0 Å². The molecular weight excluding hydrogens is 398 g/mol. The zero-order chi connectivity index (χ0) is 18.3. The van der Waals surface area contributed by atoms with Gasteiger partial charge < -0.3 is 14.4 Å². The van der Waals surface area contributed by atoms with Gasteiger partial charge in [0.1, 0.15) is 5.58 Å². The molecule has 3 aromatic rings. The molecule has 0 bridgehead atoms. The largest absolute Gasteiger partial charge is 0.450 e. The number of halogens is 1. The molecule has 1 atom stereocenters. The highest BCUT2D eigenvalue weighted by Gasteiger charge is 2.42. The van der Waals surface area contributed by atoms with E-state index in [-0.39, 0.29) is 23.7 Å². The summed E-state index contributed by atoms with van der Waals surface area (Å²) in [5, 5.41) is 9.67. The fourth-order valence-corrected chi connectivity index (χ4v) is 3.69. The molecule has 132 valence electrons. The summed E-state index contributed by atoms with van der Waals surface area (Å²) in [6.45, 7) is 0.312. The molecule has 2 aromatic carbocycles. The lowest BCUT2D eigenvalue weighted by Crippen LogP contribution is -2.31. The molecule has 2 heterocycles. The van der Waals surface area contributed by atoms with Crippen LogP contribution in [-0.4, -0.2) is 29.1 Å². The van der Waals surface area contributed by atoms with E-state index in [4.69, 9.17) is 4.42 Å². The van der Waals surface area contributed by atoms with Crippen LogP contribution >= 0.6 is 15.9 Å². The van der Waals surface area contributed by atoms with Gasteiger partial charge in [-0.3, -0.25) is 9.59 Å². The van der Waals surface area contributed by atoms with E-state index in [0.717, 1.165) is 10.0 Å². The molecule has 1 aliphatic rings. The molecule has 5 nitrogen and oxygen atoms in total. The number of fused-ring (bicyclic) bond motifs is 2. The summed E-state index contributed by atoms with van der Waals surface area (Å²) in [5.41, 5.74) is 1.42. The topological polar surface area (TPSA) is 70.8 Å². The van der Waals surface area contributed by atoms with Crippen molar-refractivity contribution >= 4 is 32.8 Å². The van der Waals surface area contributed by atoms with Gasteiger partial charge in [0.25, 0.3) is 5.91 Å². The van der Waals surface area contributed by atoms with Crippen LogP contribution in [0.4, 0.5) is 0 Å². The van der Waals surface area contributed by atoms with Crippen LogP contribution < -0.4 is 5.43 Å². The summed E-state index contributed by atoms with van der Waals surface area (Å²) in [5.74, 6) is -0.219. The monoisotopic (exact) mass is 413 g/mol. The normalized spacial score (nSPS) is 16.3. The van der Waals surface area contributed by atoms with Crippen LogP contribution in [0.5, 0.6) is 0 Å². The number of carbonyl (C=O) groups is 1. The second-order valence-electron chi connectivity index (χ2n) is 6.20. The van der Waals surface area contributed by atoms with Crippen molar-refractivity contribution in [3.05, 3.63) is 80.1 Å². The van der Waals surface area contributed by atoms with Gasteiger partial charge >= 0.3 is 0 Å². The molecule has 1 unspecified atom stereocenters. The lowest BCUT2D eigenvalue weighted by Gasteiger charge is -2.24. The molecule has 1 aromatic heterocycles. The van der Waals surface area contributed by atoms with Gasteiger partial charge in [0.2, 0.25) is 5.76 Å². The SMILES string of the molecule is O=C1c2oc3ccccc3c(=O)c2C(c2ccc(Br)cc2)N1CCCO. The number of para-hydroxylation sites is 1. The maximum absolute atomic E-state index is 13.1. The van der Waals surface area contributed by atoms with E-state index in [1.807, 2.05) is 24.3 Å². The van der Waals surface area contributed by atoms with Crippen molar-refractivity contribution in [2.24, 2.45) is 0 Å². The molecule has 0 radical (unpaired) electrons. The van der Waals surface area contributed by atoms with Crippen molar-refractivity contribution in [3.8, 4) is 0 Å². The van der Waals surface area contributed by atoms with Gasteiger partial charge in [0, 0.05) is 17.6 Å². The predicted molar refractivity (Wildman–Crippen MR) is 101 cm³/mol. The maximum Gasteiger partial charge on any atom is 0.290 e. The van der Waals surface area contributed by atoms with Crippen molar-refractivity contribution in [2.75, 3.05) is 13.2 Å². The fourth-order valence-electron chi connectivity index (χ4n) is 3.43. The molecule has 0 fully saturated rings. The number of amides is 1. The molecule has 0 spiro atoms. The van der Waals surface area contributed by atoms with Crippen LogP contribution in [-0.2, 0) is 0 Å². The molecular formula is C20H16BrNO4. The third kappa shape index (κ3) is 2.66. The van der Waals surface area contributed by atoms with Gasteiger partial charge in [-0.2, -0.15) is 0 Å². The summed E-state index contributed by atoms with van der Waals surface area (Å²) in [6, 6.07) is 14.0. The van der Waals surface area contributed by atoms with Crippen LogP contribution in [0.2, 0.25) is 0 Å². The van der Waals surface area contributed by atoms with E-state index in [0.29, 0.717) is 29.5 Å². The first kappa shape index (κ1) is 17.0. The van der Waals surface area contributed by atoms with E-state index in [1.165, 1.54) is 0 Å². The highest BCUT2D eigenvalue weighted by molar-refractivity contribution is 9.10. The Kier molecular flexibility index (Phi) is 4.38. The first-order chi connectivity index (χ1) is 12.6. The highest BCUT2D eigenvalue weighted by Crippen LogP contribution is 2.38. The Bertz CT molecular complexity index is 1040. The Labute approximate surface area is 158 Å². The first-order valence-electron chi connectivity index (χ1n) is 8.35. The number of nitrogens with zero attached hydrogens (tertiary/aromatic N) is 1. The number of hydrogen-bond acceptors (Lipinski definition) is 4. The van der Waals surface area contributed by atoms with Crippen LogP contribution in [0.25, 0.3) is 11.0 Å². The van der Waals surface area contributed by atoms with Crippen LogP contribution in [0, 0.1) is 0 Å². The average molecular weight is 414 g/mol. The van der Waals surface area contributed by atoms with Gasteiger partial charge in [0.15, 0.2) is 5.43 Å².